The maximum Gasteiger partial charge on any atom is 0.0782 e. The van der Waals surface area contributed by atoms with Crippen LogP contribution in [-0.2, 0) is 0 Å². The Kier molecular flexibility index (Phi) is 15.6. The highest BCUT2D eigenvalue weighted by atomic mass is 15.3. The van der Waals surface area contributed by atoms with E-state index < -0.39 is 0 Å². The van der Waals surface area contributed by atoms with Gasteiger partial charge in [-0.3, -0.25) is 0 Å². The lowest BCUT2D eigenvalue weighted by atomic mass is 10.2. The molecule has 0 amide bonds. The van der Waals surface area contributed by atoms with Crippen LogP contribution >= 0.6 is 0 Å². The molecular formula is C18H43N4+. The van der Waals surface area contributed by atoms with Crippen molar-refractivity contribution in [3.8, 4) is 0 Å². The van der Waals surface area contributed by atoms with Gasteiger partial charge in [-0.15, -0.1) is 0 Å². The second-order valence-corrected chi connectivity index (χ2v) is 6.96. The molecule has 0 atom stereocenters. The summed E-state index contributed by atoms with van der Waals surface area (Å²) in [5.74, 6) is 0. The number of hydrogen-bond acceptors (Lipinski definition) is 3. The van der Waals surface area contributed by atoms with Crippen molar-refractivity contribution in [2.75, 3.05) is 66.5 Å². The molecule has 0 unspecified atom stereocenters. The predicted molar refractivity (Wildman–Crippen MR) is 99.5 cm³/mol. The third kappa shape index (κ3) is 16.2. The van der Waals surface area contributed by atoms with Gasteiger partial charge in [0.25, 0.3) is 0 Å². The number of unbranched alkanes of at least 4 members (excludes halogenated alkanes) is 3. The molecule has 0 aromatic carbocycles. The second-order valence-electron chi connectivity index (χ2n) is 6.96. The summed E-state index contributed by atoms with van der Waals surface area (Å²) in [5.41, 5.74) is 0. The van der Waals surface area contributed by atoms with E-state index in [1.54, 1.807) is 0 Å². The standard InChI is InChI=1S/C18H43N4/c1-5-19-13-7-8-15-21-16-10-12-18-22(3,4)17-11-9-14-20-6-2/h19-21H,5-18H2,1-4H3/q+1. The van der Waals surface area contributed by atoms with Gasteiger partial charge in [0, 0.05) is 0 Å². The van der Waals surface area contributed by atoms with Gasteiger partial charge < -0.3 is 20.4 Å². The molecule has 0 aromatic rings. The van der Waals surface area contributed by atoms with Crippen LogP contribution in [0.15, 0.2) is 0 Å². The van der Waals surface area contributed by atoms with Crippen LogP contribution in [0.5, 0.6) is 0 Å². The maximum absolute atomic E-state index is 3.57. The third-order valence-corrected chi connectivity index (χ3v) is 4.19. The van der Waals surface area contributed by atoms with E-state index >= 15 is 0 Å². The molecule has 0 rings (SSSR count). The molecule has 22 heavy (non-hydrogen) atoms. The van der Waals surface area contributed by atoms with Crippen LogP contribution in [0.1, 0.15) is 52.4 Å². The van der Waals surface area contributed by atoms with Crippen molar-refractivity contribution in [2.24, 2.45) is 0 Å². The summed E-state index contributed by atoms with van der Waals surface area (Å²) >= 11 is 0. The number of rotatable bonds is 17. The fourth-order valence-electron chi connectivity index (χ4n) is 2.67. The van der Waals surface area contributed by atoms with Crippen LogP contribution in [0.25, 0.3) is 0 Å². The fourth-order valence-corrected chi connectivity index (χ4v) is 2.67. The van der Waals surface area contributed by atoms with E-state index in [0.29, 0.717) is 0 Å². The zero-order valence-corrected chi connectivity index (χ0v) is 15.8. The summed E-state index contributed by atoms with van der Waals surface area (Å²) in [6.07, 6.45) is 7.88. The highest BCUT2D eigenvalue weighted by molar-refractivity contribution is 4.52. The molecule has 0 bridgehead atoms. The monoisotopic (exact) mass is 315 g/mol. The molecular weight excluding hydrogens is 272 g/mol. The lowest BCUT2D eigenvalue weighted by molar-refractivity contribution is -0.890. The molecule has 134 valence electrons. The van der Waals surface area contributed by atoms with Crippen molar-refractivity contribution in [1.29, 1.82) is 0 Å². The summed E-state index contributed by atoms with van der Waals surface area (Å²) in [6.45, 7) is 13.8. The Morgan fingerprint density at radius 3 is 1.32 bits per heavy atom. The van der Waals surface area contributed by atoms with Crippen LogP contribution in [0.4, 0.5) is 0 Å². The van der Waals surface area contributed by atoms with Gasteiger partial charge in [0.05, 0.1) is 27.2 Å². The van der Waals surface area contributed by atoms with Gasteiger partial charge in [-0.2, -0.15) is 0 Å². The predicted octanol–water partition coefficient (Wildman–Crippen LogP) is 2.21. The minimum absolute atomic E-state index is 1.09. The molecule has 3 N–H and O–H groups in total. The summed E-state index contributed by atoms with van der Waals surface area (Å²) in [5, 5.41) is 10.3. The van der Waals surface area contributed by atoms with Gasteiger partial charge in [-0.25, -0.2) is 0 Å². The van der Waals surface area contributed by atoms with E-state index in [9.17, 15) is 0 Å². The minimum Gasteiger partial charge on any atom is -0.328 e. The molecule has 0 radical (unpaired) electrons. The Hall–Kier alpha value is -0.160. The second kappa shape index (κ2) is 15.7. The van der Waals surface area contributed by atoms with Crippen molar-refractivity contribution in [3.63, 3.8) is 0 Å². The first kappa shape index (κ1) is 21.8. The Morgan fingerprint density at radius 1 is 0.545 bits per heavy atom. The van der Waals surface area contributed by atoms with Crippen molar-refractivity contribution in [3.05, 3.63) is 0 Å². The fraction of sp³-hybridized carbons (Fsp3) is 1.00. The van der Waals surface area contributed by atoms with Crippen molar-refractivity contribution < 1.29 is 4.48 Å². The average molecular weight is 316 g/mol. The van der Waals surface area contributed by atoms with Crippen LogP contribution < -0.4 is 16.0 Å². The van der Waals surface area contributed by atoms with Crippen LogP contribution in [-0.4, -0.2) is 70.9 Å². The number of nitrogens with zero attached hydrogens (tertiary/aromatic N) is 1. The lowest BCUT2D eigenvalue weighted by Crippen LogP contribution is -2.41. The zero-order valence-electron chi connectivity index (χ0n) is 15.8. The molecule has 0 fully saturated rings. The molecule has 0 spiro atoms. The number of nitrogens with one attached hydrogen (secondary N) is 3. The summed E-state index contributed by atoms with van der Waals surface area (Å²) in [7, 11) is 4.75. The smallest absolute Gasteiger partial charge is 0.0782 e. The molecule has 4 nitrogen and oxygen atoms in total. The van der Waals surface area contributed by atoms with Gasteiger partial charge >= 0.3 is 0 Å². The lowest BCUT2D eigenvalue weighted by Gasteiger charge is -2.30. The van der Waals surface area contributed by atoms with Crippen LogP contribution in [0.2, 0.25) is 0 Å². The Labute approximate surface area is 140 Å². The van der Waals surface area contributed by atoms with E-state index in [0.717, 1.165) is 19.6 Å². The number of hydrogen-bond donors (Lipinski definition) is 3. The highest BCUT2D eigenvalue weighted by Crippen LogP contribution is 2.04. The highest BCUT2D eigenvalue weighted by Gasteiger charge is 2.13. The van der Waals surface area contributed by atoms with Gasteiger partial charge in [-0.05, 0) is 77.8 Å². The Balaban J connectivity index is 3.30. The quantitative estimate of drug-likeness (QED) is 0.284. The molecule has 0 aliphatic rings. The van der Waals surface area contributed by atoms with Crippen LogP contribution in [0, 0.1) is 0 Å². The van der Waals surface area contributed by atoms with Gasteiger partial charge in [0.1, 0.15) is 0 Å². The van der Waals surface area contributed by atoms with Crippen molar-refractivity contribution in [1.82, 2.24) is 16.0 Å². The van der Waals surface area contributed by atoms with E-state index in [4.69, 9.17) is 0 Å². The summed E-state index contributed by atoms with van der Waals surface area (Å²) in [4.78, 5) is 0. The van der Waals surface area contributed by atoms with Crippen molar-refractivity contribution in [2.45, 2.75) is 52.4 Å². The Morgan fingerprint density at radius 2 is 0.909 bits per heavy atom. The summed E-state index contributed by atoms with van der Waals surface area (Å²) in [6, 6.07) is 0. The maximum atomic E-state index is 3.57. The molecule has 0 saturated carbocycles. The Bertz CT molecular complexity index is 219. The largest absolute Gasteiger partial charge is 0.328 e. The van der Waals surface area contributed by atoms with E-state index in [1.807, 2.05) is 0 Å². The van der Waals surface area contributed by atoms with Gasteiger partial charge in [0.15, 0.2) is 0 Å². The normalized spacial score (nSPS) is 12.0. The van der Waals surface area contributed by atoms with E-state index in [1.165, 1.54) is 75.7 Å². The van der Waals surface area contributed by atoms with Crippen molar-refractivity contribution >= 4 is 0 Å². The van der Waals surface area contributed by atoms with E-state index in [2.05, 4.69) is 43.9 Å². The SMILES string of the molecule is CCNCCCCNCCCC[N+](C)(C)CCCCNCC. The van der Waals surface area contributed by atoms with Gasteiger partial charge in [-0.1, -0.05) is 13.8 Å². The number of quaternary nitrogens is 1. The topological polar surface area (TPSA) is 36.1 Å². The van der Waals surface area contributed by atoms with Gasteiger partial charge in [0.2, 0.25) is 0 Å². The average Bonchev–Trinajstić information content (AvgIpc) is 2.49. The van der Waals surface area contributed by atoms with E-state index in [-0.39, 0.29) is 0 Å². The first-order valence-electron chi connectivity index (χ1n) is 9.56. The molecule has 0 aromatic heterocycles. The molecule has 4 heteroatoms. The molecule has 0 saturated heterocycles. The van der Waals surface area contributed by atoms with Crippen LogP contribution in [0.3, 0.4) is 0 Å². The molecule has 0 aliphatic carbocycles. The first-order valence-corrected chi connectivity index (χ1v) is 9.56. The summed E-state index contributed by atoms with van der Waals surface area (Å²) < 4.78 is 1.18. The molecule has 0 aliphatic heterocycles. The third-order valence-electron chi connectivity index (χ3n) is 4.19. The molecule has 0 heterocycles. The zero-order chi connectivity index (χ0) is 16.5. The minimum atomic E-state index is 1.09. The first-order chi connectivity index (χ1) is 10.6.